The molecule has 1 N–H and O–H groups in total. The molecule has 25 heavy (non-hydrogen) atoms. The van der Waals surface area contributed by atoms with E-state index >= 15 is 0 Å². The molecule has 0 saturated heterocycles. The van der Waals surface area contributed by atoms with Crippen molar-refractivity contribution in [2.75, 3.05) is 0 Å². The number of ether oxygens (including phenoxy) is 1. The number of rotatable bonds is 3. The highest BCUT2D eigenvalue weighted by Crippen LogP contribution is 2.24. The van der Waals surface area contributed by atoms with Crippen molar-refractivity contribution in [3.63, 3.8) is 0 Å². The number of carbonyl (C=O) groups excluding carboxylic acids is 1. The molecule has 0 aliphatic carbocycles. The van der Waals surface area contributed by atoms with E-state index in [0.29, 0.717) is 6.54 Å². The van der Waals surface area contributed by atoms with Gasteiger partial charge in [-0.2, -0.15) is 5.10 Å². The van der Waals surface area contributed by atoms with E-state index in [4.69, 9.17) is 4.74 Å². The Morgan fingerprint density at radius 3 is 2.76 bits per heavy atom. The van der Waals surface area contributed by atoms with Gasteiger partial charge in [0.15, 0.2) is 0 Å². The fourth-order valence-corrected chi connectivity index (χ4v) is 2.60. The van der Waals surface area contributed by atoms with Crippen LogP contribution in [0.25, 0.3) is 16.8 Å². The van der Waals surface area contributed by atoms with Crippen molar-refractivity contribution in [2.45, 2.75) is 39.8 Å². The van der Waals surface area contributed by atoms with Crippen molar-refractivity contribution < 1.29 is 9.53 Å². The summed E-state index contributed by atoms with van der Waals surface area (Å²) in [7, 11) is 0. The summed E-state index contributed by atoms with van der Waals surface area (Å²) in [6.07, 6.45) is 4.90. The number of fused-ring (bicyclic) bond motifs is 1. The molecule has 0 fully saturated rings. The molecular weight excluding hydrogens is 316 g/mol. The van der Waals surface area contributed by atoms with Crippen LogP contribution in [0, 0.1) is 6.92 Å². The molecule has 1 aromatic carbocycles. The van der Waals surface area contributed by atoms with Gasteiger partial charge >= 0.3 is 6.09 Å². The van der Waals surface area contributed by atoms with Crippen LogP contribution in [-0.4, -0.2) is 26.3 Å². The molecule has 3 rings (SSSR count). The Morgan fingerprint density at radius 1 is 1.24 bits per heavy atom. The molecule has 0 unspecified atom stereocenters. The number of benzene rings is 1. The zero-order valence-electron chi connectivity index (χ0n) is 14.9. The van der Waals surface area contributed by atoms with Crippen LogP contribution in [0.5, 0.6) is 0 Å². The van der Waals surface area contributed by atoms with Crippen LogP contribution in [0.15, 0.2) is 42.9 Å². The Kier molecular flexibility index (Phi) is 4.44. The molecule has 0 atom stereocenters. The van der Waals surface area contributed by atoms with E-state index in [1.165, 1.54) is 0 Å². The van der Waals surface area contributed by atoms with Gasteiger partial charge in [0.2, 0.25) is 0 Å². The van der Waals surface area contributed by atoms with Gasteiger partial charge in [0.1, 0.15) is 5.60 Å². The number of alkyl carbamates (subject to hydrolysis) is 1. The molecule has 130 valence electrons. The first kappa shape index (κ1) is 17.0. The lowest BCUT2D eigenvalue weighted by molar-refractivity contribution is 0.0523. The molecule has 3 aromatic rings. The molecule has 6 heteroatoms. The quantitative estimate of drug-likeness (QED) is 0.790. The predicted octanol–water partition coefficient (Wildman–Crippen LogP) is 3.73. The number of nitrogens with zero attached hydrogens (tertiary/aromatic N) is 3. The fourth-order valence-electron chi connectivity index (χ4n) is 2.60. The summed E-state index contributed by atoms with van der Waals surface area (Å²) in [4.78, 5) is 16.3. The summed E-state index contributed by atoms with van der Waals surface area (Å²) >= 11 is 0. The van der Waals surface area contributed by atoms with Gasteiger partial charge in [-0.3, -0.25) is 4.98 Å². The van der Waals surface area contributed by atoms with Crippen molar-refractivity contribution in [1.82, 2.24) is 19.9 Å². The minimum atomic E-state index is -0.501. The van der Waals surface area contributed by atoms with E-state index in [9.17, 15) is 4.79 Å². The standard InChI is InChI=1S/C19H22N4O2/c1-13-11-14(17-16-7-8-22-23(16)10-9-20-17)5-6-15(13)12-21-18(24)25-19(2,3)4/h5-11H,12H2,1-4H3,(H,21,24). The fraction of sp³-hybridized carbons (Fsp3) is 0.316. The van der Waals surface area contributed by atoms with E-state index in [1.807, 2.05) is 52.1 Å². The largest absolute Gasteiger partial charge is 0.444 e. The average molecular weight is 338 g/mol. The monoisotopic (exact) mass is 338 g/mol. The maximum atomic E-state index is 11.8. The molecule has 2 aromatic heterocycles. The smallest absolute Gasteiger partial charge is 0.407 e. The molecule has 0 aliphatic rings. The number of hydrogen-bond acceptors (Lipinski definition) is 4. The molecule has 2 heterocycles. The topological polar surface area (TPSA) is 68.5 Å². The lowest BCUT2D eigenvalue weighted by Crippen LogP contribution is -2.32. The summed E-state index contributed by atoms with van der Waals surface area (Å²) < 4.78 is 7.06. The third kappa shape index (κ3) is 3.96. The third-order valence-corrected chi connectivity index (χ3v) is 3.76. The maximum absolute atomic E-state index is 11.8. The molecule has 0 spiro atoms. The van der Waals surface area contributed by atoms with Crippen LogP contribution in [0.2, 0.25) is 0 Å². The first-order chi connectivity index (χ1) is 11.8. The van der Waals surface area contributed by atoms with E-state index < -0.39 is 11.7 Å². The van der Waals surface area contributed by atoms with Gasteiger partial charge in [-0.15, -0.1) is 0 Å². The SMILES string of the molecule is Cc1cc(-c2nccn3nccc23)ccc1CNC(=O)OC(C)(C)C. The van der Waals surface area contributed by atoms with Gasteiger partial charge in [-0.1, -0.05) is 12.1 Å². The Bertz CT molecular complexity index is 909. The number of nitrogens with one attached hydrogen (secondary N) is 1. The van der Waals surface area contributed by atoms with Gasteiger partial charge < -0.3 is 10.1 Å². The lowest BCUT2D eigenvalue weighted by atomic mass is 10.0. The molecule has 0 radical (unpaired) electrons. The van der Waals surface area contributed by atoms with Gasteiger partial charge in [0.05, 0.1) is 17.4 Å². The van der Waals surface area contributed by atoms with Crippen molar-refractivity contribution in [3.8, 4) is 11.3 Å². The van der Waals surface area contributed by atoms with E-state index in [1.54, 1.807) is 16.9 Å². The molecular formula is C19H22N4O2. The number of amides is 1. The van der Waals surface area contributed by atoms with Crippen LogP contribution in [-0.2, 0) is 11.3 Å². The summed E-state index contributed by atoms with van der Waals surface area (Å²) in [6.45, 7) is 7.97. The van der Waals surface area contributed by atoms with Crippen molar-refractivity contribution >= 4 is 11.6 Å². The number of aryl methyl sites for hydroxylation is 1. The van der Waals surface area contributed by atoms with Crippen LogP contribution >= 0.6 is 0 Å². The Balaban J connectivity index is 1.77. The van der Waals surface area contributed by atoms with Crippen molar-refractivity contribution in [3.05, 3.63) is 54.0 Å². The first-order valence-corrected chi connectivity index (χ1v) is 8.18. The number of carbonyl (C=O) groups is 1. The van der Waals surface area contributed by atoms with Crippen LogP contribution in [0.1, 0.15) is 31.9 Å². The van der Waals surface area contributed by atoms with E-state index in [2.05, 4.69) is 21.5 Å². The molecule has 0 saturated carbocycles. The van der Waals surface area contributed by atoms with Crippen LogP contribution in [0.3, 0.4) is 0 Å². The Hall–Kier alpha value is -2.89. The van der Waals surface area contributed by atoms with E-state index in [-0.39, 0.29) is 0 Å². The normalized spacial score (nSPS) is 11.5. The first-order valence-electron chi connectivity index (χ1n) is 8.18. The molecule has 6 nitrogen and oxygen atoms in total. The molecule has 0 aliphatic heterocycles. The predicted molar refractivity (Wildman–Crippen MR) is 96.2 cm³/mol. The van der Waals surface area contributed by atoms with Crippen LogP contribution < -0.4 is 5.32 Å². The molecule has 1 amide bonds. The highest BCUT2D eigenvalue weighted by atomic mass is 16.6. The second-order valence-corrected chi connectivity index (χ2v) is 6.93. The summed E-state index contributed by atoms with van der Waals surface area (Å²) in [5, 5.41) is 7.03. The zero-order valence-corrected chi connectivity index (χ0v) is 14.9. The van der Waals surface area contributed by atoms with Crippen LogP contribution in [0.4, 0.5) is 4.79 Å². The minimum absolute atomic E-state index is 0.415. The van der Waals surface area contributed by atoms with Crippen molar-refractivity contribution in [2.24, 2.45) is 0 Å². The second-order valence-electron chi connectivity index (χ2n) is 6.93. The van der Waals surface area contributed by atoms with Gasteiger partial charge in [-0.05, 0) is 51.0 Å². The minimum Gasteiger partial charge on any atom is -0.444 e. The van der Waals surface area contributed by atoms with Crippen molar-refractivity contribution in [1.29, 1.82) is 0 Å². The van der Waals surface area contributed by atoms with E-state index in [0.717, 1.165) is 27.9 Å². The van der Waals surface area contributed by atoms with Gasteiger partial charge in [0, 0.05) is 24.5 Å². The lowest BCUT2D eigenvalue weighted by Gasteiger charge is -2.20. The highest BCUT2D eigenvalue weighted by Gasteiger charge is 2.16. The third-order valence-electron chi connectivity index (χ3n) is 3.76. The molecule has 0 bridgehead atoms. The summed E-state index contributed by atoms with van der Waals surface area (Å²) in [5.74, 6) is 0. The highest BCUT2D eigenvalue weighted by molar-refractivity contribution is 5.76. The summed E-state index contributed by atoms with van der Waals surface area (Å²) in [5.41, 5.74) is 4.48. The average Bonchev–Trinajstić information content (AvgIpc) is 3.00. The van der Waals surface area contributed by atoms with Gasteiger partial charge in [-0.25, -0.2) is 9.31 Å². The number of hydrogen-bond donors (Lipinski definition) is 1. The number of aromatic nitrogens is 3. The maximum Gasteiger partial charge on any atom is 0.407 e. The zero-order chi connectivity index (χ0) is 18.0. The second kappa shape index (κ2) is 6.55. The Morgan fingerprint density at radius 2 is 2.04 bits per heavy atom. The Labute approximate surface area is 146 Å². The van der Waals surface area contributed by atoms with Gasteiger partial charge in [0.25, 0.3) is 0 Å². The summed E-state index contributed by atoms with van der Waals surface area (Å²) in [6, 6.07) is 8.02.